The summed E-state index contributed by atoms with van der Waals surface area (Å²) in [4.78, 5) is 101. The van der Waals surface area contributed by atoms with E-state index in [2.05, 4.69) is 26.6 Å². The van der Waals surface area contributed by atoms with E-state index in [1.165, 1.54) is 12.2 Å². The molecule has 1 fully saturated rings. The van der Waals surface area contributed by atoms with Crippen molar-refractivity contribution in [3.8, 4) is 0 Å². The lowest BCUT2D eigenvalue weighted by atomic mass is 9.84. The van der Waals surface area contributed by atoms with Crippen molar-refractivity contribution in [2.75, 3.05) is 6.54 Å². The highest BCUT2D eigenvalue weighted by Gasteiger charge is 2.32. The van der Waals surface area contributed by atoms with Crippen LogP contribution in [0.4, 0.5) is 0 Å². The van der Waals surface area contributed by atoms with Gasteiger partial charge < -0.3 is 38.1 Å². The van der Waals surface area contributed by atoms with Crippen LogP contribution in [0.3, 0.4) is 0 Å². The smallest absolute Gasteiger partial charge is 0.244 e. The third-order valence-electron chi connectivity index (χ3n) is 9.71. The number of primary amides is 2. The molecule has 0 bridgehead atoms. The fraction of sp³-hybridized carbons (Fsp3) is 0.463. The molecule has 0 saturated heterocycles. The number of ketones is 1. The van der Waals surface area contributed by atoms with Crippen molar-refractivity contribution < 1.29 is 38.4 Å². The van der Waals surface area contributed by atoms with Crippen LogP contribution < -0.4 is 38.1 Å². The largest absolute Gasteiger partial charge is 0.370 e. The van der Waals surface area contributed by atoms with Gasteiger partial charge in [0.25, 0.3) is 0 Å². The molecular formula is C41H55N7O8. The second-order valence-electron chi connectivity index (χ2n) is 14.1. The van der Waals surface area contributed by atoms with E-state index >= 15 is 0 Å². The van der Waals surface area contributed by atoms with E-state index in [4.69, 9.17) is 11.5 Å². The Morgan fingerprint density at radius 2 is 1.38 bits per heavy atom. The summed E-state index contributed by atoms with van der Waals surface area (Å²) in [5.74, 6) is -3.69. The molecule has 0 heterocycles. The highest BCUT2D eigenvalue weighted by Crippen LogP contribution is 2.27. The maximum atomic E-state index is 14.1. The van der Waals surface area contributed by atoms with Crippen LogP contribution in [-0.2, 0) is 40.0 Å². The monoisotopic (exact) mass is 773 g/mol. The average molecular weight is 774 g/mol. The van der Waals surface area contributed by atoms with Gasteiger partial charge in [-0.2, -0.15) is 0 Å². The number of amides is 7. The molecular weight excluding hydrogens is 718 g/mol. The number of nitrogens with one attached hydrogen (secondary N) is 5. The van der Waals surface area contributed by atoms with Crippen LogP contribution in [0.15, 0.2) is 66.7 Å². The minimum Gasteiger partial charge on any atom is -0.370 e. The van der Waals surface area contributed by atoms with E-state index in [-0.39, 0.29) is 43.9 Å². The van der Waals surface area contributed by atoms with Gasteiger partial charge in [0.15, 0.2) is 5.78 Å². The molecule has 302 valence electrons. The summed E-state index contributed by atoms with van der Waals surface area (Å²) in [5, 5.41) is 13.4. The van der Waals surface area contributed by atoms with Crippen LogP contribution in [0.5, 0.6) is 0 Å². The summed E-state index contributed by atoms with van der Waals surface area (Å²) in [7, 11) is 0. The maximum Gasteiger partial charge on any atom is 0.244 e. The number of hydrogen-bond acceptors (Lipinski definition) is 8. The molecule has 7 amide bonds. The Balaban J connectivity index is 1.83. The normalized spacial score (nSPS) is 15.0. The summed E-state index contributed by atoms with van der Waals surface area (Å²) in [5.41, 5.74) is 12.3. The molecule has 2 aromatic carbocycles. The SMILES string of the molecule is C/C=C/C(=O)N[C@@H](CCC(N)=O)C(=O)N[C@@H](CC1CCCCC1)C(=O)N[C@H](Cc1ccc(C(=O)c2ccccc2)cc1)C(=O)NCCCCC(NC=O)C(N)=O. The number of benzene rings is 2. The maximum absolute atomic E-state index is 14.1. The fourth-order valence-electron chi connectivity index (χ4n) is 6.65. The number of rotatable bonds is 24. The van der Waals surface area contributed by atoms with E-state index in [1.54, 1.807) is 55.5 Å². The lowest BCUT2D eigenvalue weighted by Crippen LogP contribution is -2.57. The molecule has 15 heteroatoms. The first-order valence-corrected chi connectivity index (χ1v) is 19.2. The number of nitrogens with two attached hydrogens (primary N) is 2. The molecule has 3 rings (SSSR count). The Bertz CT molecular complexity index is 1680. The molecule has 0 aromatic heterocycles. The first-order valence-electron chi connectivity index (χ1n) is 19.2. The molecule has 1 saturated carbocycles. The fourth-order valence-corrected chi connectivity index (χ4v) is 6.65. The van der Waals surface area contributed by atoms with Gasteiger partial charge in [-0.15, -0.1) is 0 Å². The van der Waals surface area contributed by atoms with Crippen LogP contribution >= 0.6 is 0 Å². The van der Waals surface area contributed by atoms with Crippen LogP contribution in [0, 0.1) is 5.92 Å². The number of carbonyl (C=O) groups is 8. The van der Waals surface area contributed by atoms with Crippen LogP contribution in [-0.4, -0.2) is 78.3 Å². The van der Waals surface area contributed by atoms with Crippen molar-refractivity contribution in [1.82, 2.24) is 26.6 Å². The molecule has 1 aliphatic rings. The zero-order valence-electron chi connectivity index (χ0n) is 31.9. The predicted molar refractivity (Wildman–Crippen MR) is 209 cm³/mol. The molecule has 9 N–H and O–H groups in total. The quantitative estimate of drug-likeness (QED) is 0.0357. The van der Waals surface area contributed by atoms with Crippen molar-refractivity contribution in [1.29, 1.82) is 0 Å². The van der Waals surface area contributed by atoms with Gasteiger partial charge in [-0.05, 0) is 56.6 Å². The Morgan fingerprint density at radius 3 is 2.00 bits per heavy atom. The average Bonchev–Trinajstić information content (AvgIpc) is 3.18. The molecule has 1 unspecified atom stereocenters. The van der Waals surface area contributed by atoms with Gasteiger partial charge in [-0.25, -0.2) is 0 Å². The van der Waals surface area contributed by atoms with Gasteiger partial charge in [-0.3, -0.25) is 38.4 Å². The number of unbranched alkanes of at least 4 members (excludes halogenated alkanes) is 1. The standard InChI is InChI=1S/C41H55N7O8/c1-2-11-36(51)46-32(21-22-35(42)50)40(55)48-34(24-27-12-5-3-6-13-27)41(56)47-33(39(54)44-23-10-9-16-31(38(43)53)45-26-49)25-28-17-19-30(20-18-28)37(52)29-14-7-4-8-15-29/h2,4,7-8,11,14-15,17-20,26-27,31-34H,3,5-6,9-10,12-13,16,21-25H2,1H3,(H2,42,50)(H2,43,53)(H,44,54)(H,45,49)(H,46,51)(H,47,56)(H,48,55)/b11-2+/t31?,32-,33+,34-/m0/s1. The van der Waals surface area contributed by atoms with Crippen LogP contribution in [0.2, 0.25) is 0 Å². The van der Waals surface area contributed by atoms with Crippen molar-refractivity contribution in [2.45, 2.75) is 108 Å². The third kappa shape index (κ3) is 15.5. The van der Waals surface area contributed by atoms with E-state index in [0.29, 0.717) is 42.4 Å². The van der Waals surface area contributed by atoms with E-state index < -0.39 is 59.6 Å². The van der Waals surface area contributed by atoms with Crippen molar-refractivity contribution in [2.24, 2.45) is 17.4 Å². The molecule has 1 aliphatic carbocycles. The minimum atomic E-state index is -1.15. The van der Waals surface area contributed by atoms with Crippen molar-refractivity contribution >= 4 is 47.6 Å². The summed E-state index contributed by atoms with van der Waals surface area (Å²) in [6, 6.07) is 11.4. The summed E-state index contributed by atoms with van der Waals surface area (Å²) in [6.07, 6.45) is 9.15. The topological polar surface area (TPSA) is 249 Å². The molecule has 4 atom stereocenters. The molecule has 0 radical (unpaired) electrons. The molecule has 15 nitrogen and oxygen atoms in total. The minimum absolute atomic E-state index is 0.0507. The first-order chi connectivity index (χ1) is 26.9. The van der Waals surface area contributed by atoms with Crippen molar-refractivity contribution in [3.05, 3.63) is 83.4 Å². The molecule has 2 aromatic rings. The number of carbonyl (C=O) groups excluding carboxylic acids is 8. The number of allylic oxidation sites excluding steroid dienone is 1. The highest BCUT2D eigenvalue weighted by molar-refractivity contribution is 6.09. The van der Waals surface area contributed by atoms with E-state index in [1.807, 2.05) is 6.07 Å². The van der Waals surface area contributed by atoms with Crippen LogP contribution in [0.25, 0.3) is 0 Å². The van der Waals surface area contributed by atoms with Gasteiger partial charge in [0.1, 0.15) is 24.2 Å². The van der Waals surface area contributed by atoms with Gasteiger partial charge in [0.05, 0.1) is 0 Å². The van der Waals surface area contributed by atoms with Crippen molar-refractivity contribution in [3.63, 3.8) is 0 Å². The van der Waals surface area contributed by atoms with E-state index in [9.17, 15) is 38.4 Å². The predicted octanol–water partition coefficient (Wildman–Crippen LogP) is 1.61. The second kappa shape index (κ2) is 23.8. The second-order valence-corrected chi connectivity index (χ2v) is 14.1. The lowest BCUT2D eigenvalue weighted by molar-refractivity contribution is -0.134. The molecule has 0 aliphatic heterocycles. The Hall–Kier alpha value is -5.86. The van der Waals surface area contributed by atoms with Gasteiger partial charge >= 0.3 is 0 Å². The van der Waals surface area contributed by atoms with Crippen LogP contribution in [0.1, 0.15) is 99.0 Å². The third-order valence-corrected chi connectivity index (χ3v) is 9.71. The zero-order chi connectivity index (χ0) is 40.9. The number of hydrogen-bond donors (Lipinski definition) is 7. The molecule has 56 heavy (non-hydrogen) atoms. The Labute approximate surface area is 327 Å². The Morgan fingerprint density at radius 1 is 0.732 bits per heavy atom. The zero-order valence-corrected chi connectivity index (χ0v) is 31.9. The summed E-state index contributed by atoms with van der Waals surface area (Å²) in [6.45, 7) is 1.83. The van der Waals surface area contributed by atoms with E-state index in [0.717, 1.165) is 32.1 Å². The lowest BCUT2D eigenvalue weighted by Gasteiger charge is -2.29. The Kier molecular flexibility index (Phi) is 18.9. The van der Waals surface area contributed by atoms with Gasteiger partial charge in [0.2, 0.25) is 41.9 Å². The van der Waals surface area contributed by atoms with Gasteiger partial charge in [0, 0.05) is 30.5 Å². The van der Waals surface area contributed by atoms with Gasteiger partial charge in [-0.1, -0.05) is 92.8 Å². The molecule has 0 spiro atoms. The summed E-state index contributed by atoms with van der Waals surface area (Å²) < 4.78 is 0. The summed E-state index contributed by atoms with van der Waals surface area (Å²) >= 11 is 0. The highest BCUT2D eigenvalue weighted by atomic mass is 16.2. The first kappa shape index (κ1) is 44.5.